The molecule has 4 rings (SSSR count). The molecule has 3 heterocycles. The van der Waals surface area contributed by atoms with Crippen LogP contribution in [0.25, 0.3) is 10.9 Å². The van der Waals surface area contributed by atoms with E-state index in [1.165, 1.54) is 0 Å². The molecule has 1 fully saturated rings. The van der Waals surface area contributed by atoms with Crippen LogP contribution in [0.1, 0.15) is 37.0 Å². The van der Waals surface area contributed by atoms with Gasteiger partial charge in [0.05, 0.1) is 18.3 Å². The molecular weight excluding hydrogens is 348 g/mol. The average molecular weight is 370 g/mol. The monoisotopic (exact) mass is 370 g/mol. The quantitative estimate of drug-likeness (QED) is 0.715. The van der Waals surface area contributed by atoms with Crippen LogP contribution in [0, 0.1) is 0 Å². The van der Waals surface area contributed by atoms with Gasteiger partial charge in [-0.1, -0.05) is 5.16 Å². The van der Waals surface area contributed by atoms with Gasteiger partial charge in [0, 0.05) is 31.1 Å². The lowest BCUT2D eigenvalue weighted by Gasteiger charge is -2.33. The van der Waals surface area contributed by atoms with Gasteiger partial charge < -0.3 is 19.5 Å². The van der Waals surface area contributed by atoms with E-state index in [1.807, 2.05) is 18.2 Å². The van der Waals surface area contributed by atoms with Crippen molar-refractivity contribution in [1.82, 2.24) is 25.2 Å². The van der Waals surface area contributed by atoms with Crippen molar-refractivity contribution >= 4 is 22.6 Å². The van der Waals surface area contributed by atoms with Crippen molar-refractivity contribution in [3.05, 3.63) is 36.1 Å². The summed E-state index contributed by atoms with van der Waals surface area (Å²) < 4.78 is 10.5. The lowest BCUT2D eigenvalue weighted by Crippen LogP contribution is -2.41. The number of likely N-dealkylation sites (tertiary alicyclic amines) is 1. The largest absolute Gasteiger partial charge is 0.384 e. The molecule has 1 aliphatic rings. The van der Waals surface area contributed by atoms with E-state index in [2.05, 4.69) is 25.7 Å². The zero-order valence-electron chi connectivity index (χ0n) is 15.1. The Morgan fingerprint density at radius 3 is 3.26 bits per heavy atom. The number of aromatic nitrogens is 4. The number of methoxy groups -OCH3 is 1. The minimum atomic E-state index is -0.210. The van der Waals surface area contributed by atoms with Crippen molar-refractivity contribution in [2.75, 3.05) is 25.6 Å². The molecule has 1 saturated heterocycles. The lowest BCUT2D eigenvalue weighted by atomic mass is 10.0. The number of fused-ring (bicyclic) bond motifs is 1. The van der Waals surface area contributed by atoms with E-state index in [0.717, 1.165) is 30.2 Å². The highest BCUT2D eigenvalue weighted by atomic mass is 16.5. The number of amides is 2. The van der Waals surface area contributed by atoms with Crippen molar-refractivity contribution in [2.24, 2.45) is 0 Å². The smallest absolute Gasteiger partial charge is 0.322 e. The molecule has 0 aliphatic carbocycles. The molecule has 0 spiro atoms. The van der Waals surface area contributed by atoms with Crippen molar-refractivity contribution in [3.8, 4) is 0 Å². The fourth-order valence-electron chi connectivity index (χ4n) is 3.34. The standard InChI is InChI=1S/C18H22N6O3/c1-26-9-7-16-21-17(27-23-16)15-4-2-3-8-24(15)18(25)20-13-6-5-12-11-19-22-14(12)10-13/h5-6,10-11,15H,2-4,7-9H2,1H3,(H,19,22)(H,20,25). The number of hydrogen-bond acceptors (Lipinski definition) is 6. The van der Waals surface area contributed by atoms with Gasteiger partial charge >= 0.3 is 6.03 Å². The van der Waals surface area contributed by atoms with Crippen molar-refractivity contribution < 1.29 is 14.1 Å². The summed E-state index contributed by atoms with van der Waals surface area (Å²) in [6.07, 6.45) is 5.11. The summed E-state index contributed by atoms with van der Waals surface area (Å²) in [7, 11) is 1.63. The third-order valence-electron chi connectivity index (χ3n) is 4.76. The highest BCUT2D eigenvalue weighted by Crippen LogP contribution is 2.30. The molecule has 0 radical (unpaired) electrons. The number of rotatable bonds is 5. The maximum absolute atomic E-state index is 12.9. The molecule has 2 aromatic heterocycles. The van der Waals surface area contributed by atoms with Gasteiger partial charge in [-0.05, 0) is 37.5 Å². The molecule has 3 aromatic rings. The number of urea groups is 1. The van der Waals surface area contributed by atoms with Crippen molar-refractivity contribution in [2.45, 2.75) is 31.7 Å². The molecule has 0 bridgehead atoms. The minimum Gasteiger partial charge on any atom is -0.384 e. The summed E-state index contributed by atoms with van der Waals surface area (Å²) >= 11 is 0. The number of anilines is 1. The van der Waals surface area contributed by atoms with Gasteiger partial charge in [-0.3, -0.25) is 5.10 Å². The zero-order valence-corrected chi connectivity index (χ0v) is 15.1. The normalized spacial score (nSPS) is 17.4. The fourth-order valence-corrected chi connectivity index (χ4v) is 3.34. The van der Waals surface area contributed by atoms with E-state index < -0.39 is 0 Å². The Morgan fingerprint density at radius 2 is 2.37 bits per heavy atom. The number of benzene rings is 1. The number of aromatic amines is 1. The first-order valence-electron chi connectivity index (χ1n) is 9.07. The summed E-state index contributed by atoms with van der Waals surface area (Å²) in [6.45, 7) is 1.18. The maximum atomic E-state index is 12.9. The molecule has 2 amide bonds. The first-order chi connectivity index (χ1) is 13.2. The van der Waals surface area contributed by atoms with Crippen LogP contribution in [-0.4, -0.2) is 51.5 Å². The zero-order chi connectivity index (χ0) is 18.6. The Morgan fingerprint density at radius 1 is 1.44 bits per heavy atom. The third-order valence-corrected chi connectivity index (χ3v) is 4.76. The van der Waals surface area contributed by atoms with Crippen LogP contribution in [0.5, 0.6) is 0 Å². The maximum Gasteiger partial charge on any atom is 0.322 e. The number of hydrogen-bond donors (Lipinski definition) is 2. The predicted molar refractivity (Wildman–Crippen MR) is 98.3 cm³/mol. The molecule has 2 N–H and O–H groups in total. The highest BCUT2D eigenvalue weighted by molar-refractivity contribution is 5.92. The second kappa shape index (κ2) is 7.75. The Kier molecular flexibility index (Phi) is 5.01. The Bertz CT molecular complexity index is 921. The van der Waals surface area contributed by atoms with E-state index in [1.54, 1.807) is 18.2 Å². The van der Waals surface area contributed by atoms with E-state index >= 15 is 0 Å². The summed E-state index contributed by atoms with van der Waals surface area (Å²) in [5.41, 5.74) is 1.59. The van der Waals surface area contributed by atoms with Crippen LogP contribution in [0.2, 0.25) is 0 Å². The van der Waals surface area contributed by atoms with Crippen LogP contribution in [0.3, 0.4) is 0 Å². The van der Waals surface area contributed by atoms with Gasteiger partial charge in [0.25, 0.3) is 0 Å². The number of nitrogens with one attached hydrogen (secondary N) is 2. The SMILES string of the molecule is COCCc1noc(C2CCCCN2C(=O)Nc2ccc3cn[nH]c3c2)n1. The summed E-state index contributed by atoms with van der Waals surface area (Å²) in [4.78, 5) is 19.1. The molecule has 142 valence electrons. The molecule has 27 heavy (non-hydrogen) atoms. The molecule has 1 aliphatic heterocycles. The molecule has 0 saturated carbocycles. The van der Waals surface area contributed by atoms with E-state index in [9.17, 15) is 4.79 Å². The summed E-state index contributed by atoms with van der Waals surface area (Å²) in [5, 5.41) is 14.9. The topological polar surface area (TPSA) is 109 Å². The molecule has 1 unspecified atom stereocenters. The number of nitrogens with zero attached hydrogens (tertiary/aromatic N) is 4. The Hall–Kier alpha value is -2.94. The van der Waals surface area contributed by atoms with Gasteiger partial charge in [0.1, 0.15) is 6.04 Å². The van der Waals surface area contributed by atoms with Crippen LogP contribution < -0.4 is 5.32 Å². The van der Waals surface area contributed by atoms with Gasteiger partial charge in [0.15, 0.2) is 5.82 Å². The van der Waals surface area contributed by atoms with Crippen molar-refractivity contribution in [3.63, 3.8) is 0 Å². The fraction of sp³-hybridized carbons (Fsp3) is 0.444. The van der Waals surface area contributed by atoms with Gasteiger partial charge in [-0.15, -0.1) is 0 Å². The average Bonchev–Trinajstić information content (AvgIpc) is 3.35. The Labute approximate surface area is 156 Å². The molecule has 9 nitrogen and oxygen atoms in total. The second-order valence-corrected chi connectivity index (χ2v) is 6.60. The van der Waals surface area contributed by atoms with Gasteiger partial charge in [-0.25, -0.2) is 4.79 Å². The van der Waals surface area contributed by atoms with Gasteiger partial charge in [-0.2, -0.15) is 10.1 Å². The molecule has 9 heteroatoms. The summed E-state index contributed by atoms with van der Waals surface area (Å²) in [6, 6.07) is 5.27. The predicted octanol–water partition coefficient (Wildman–Crippen LogP) is 2.89. The van der Waals surface area contributed by atoms with Crippen LogP contribution in [0.4, 0.5) is 10.5 Å². The minimum absolute atomic E-state index is 0.171. The van der Waals surface area contributed by atoms with Crippen LogP contribution >= 0.6 is 0 Å². The van der Waals surface area contributed by atoms with Crippen LogP contribution in [-0.2, 0) is 11.2 Å². The van der Waals surface area contributed by atoms with Gasteiger partial charge in [0.2, 0.25) is 5.89 Å². The number of carbonyl (C=O) groups excluding carboxylic acids is 1. The Balaban J connectivity index is 1.49. The number of ether oxygens (including phenoxy) is 1. The third kappa shape index (κ3) is 3.77. The molecule has 1 atom stereocenters. The summed E-state index contributed by atoms with van der Waals surface area (Å²) in [5.74, 6) is 1.09. The number of carbonyl (C=O) groups is 1. The second-order valence-electron chi connectivity index (χ2n) is 6.60. The molecular formula is C18H22N6O3. The van der Waals surface area contributed by atoms with E-state index in [4.69, 9.17) is 9.26 Å². The van der Waals surface area contributed by atoms with E-state index in [-0.39, 0.29) is 12.1 Å². The van der Waals surface area contributed by atoms with Crippen LogP contribution in [0.15, 0.2) is 28.9 Å². The first kappa shape index (κ1) is 17.5. The number of piperidine rings is 1. The highest BCUT2D eigenvalue weighted by Gasteiger charge is 2.32. The first-order valence-corrected chi connectivity index (χ1v) is 9.07. The number of H-pyrrole nitrogens is 1. The lowest BCUT2D eigenvalue weighted by molar-refractivity contribution is 0.142. The van der Waals surface area contributed by atoms with E-state index in [0.29, 0.717) is 37.0 Å². The molecule has 1 aromatic carbocycles. The van der Waals surface area contributed by atoms with Crippen molar-refractivity contribution in [1.29, 1.82) is 0 Å².